The molecule has 5 N–H and O–H groups in total. The number of likely N-dealkylation sites (tertiary alicyclic amines) is 5. The standard InChI is InChI=1S/5C16H20N6O/c5*1-11-5-7-22(14(23)8-17-2)9-13(11)21(3)16-12-4-6-18-15(12)19-10-20-16/h5*4,6,10-11,13H,5,7-9H2,1,3H3,(H,18,19,20)/t5*11-,13+/m11111/s1/i1D3,8D2,10D,11D,13D;1D3,3D3,8D2,10D,11D;3D3,8D2,10D,11D;1D3,3D3,8D2,10D;3D3,8D2,10D. The molecule has 600 valence electrons. The Balaban J connectivity index is 0.000000183. The summed E-state index contributed by atoms with van der Waals surface area (Å²) in [4.78, 5) is 139. The molecule has 0 aromatic carbocycles. The van der Waals surface area contributed by atoms with Gasteiger partial charge in [0.1, 0.15) is 109 Å². The second-order valence-corrected chi connectivity index (χ2v) is 26.2. The smallest absolute Gasteiger partial charge is 0.302 e. The number of carbonyl (C=O) groups is 5. The van der Waals surface area contributed by atoms with Gasteiger partial charge in [0.15, 0.2) is 0 Å². The molecule has 10 aromatic heterocycles. The number of fused-ring (bicyclic) bond motifs is 5. The first kappa shape index (κ1) is 45.0. The van der Waals surface area contributed by atoms with Crippen LogP contribution in [-0.2, 0) is 24.0 Å². The van der Waals surface area contributed by atoms with Crippen LogP contribution in [0.1, 0.15) is 121 Å². The zero-order valence-corrected chi connectivity index (χ0v) is 61.6. The maximum absolute atomic E-state index is 12.6. The largest absolute Gasteiger partial charge is 0.354 e. The molecule has 0 radical (unpaired) electrons. The van der Waals surface area contributed by atoms with Crippen LogP contribution < -0.4 is 24.5 Å². The predicted octanol–water partition coefficient (Wildman–Crippen LogP) is 7.75. The quantitative estimate of drug-likeness (QED) is 0.0612. The molecule has 5 aliphatic heterocycles. The second kappa shape index (κ2) is 38.4. The zero-order valence-electron chi connectivity index (χ0n) is 102. The summed E-state index contributed by atoms with van der Waals surface area (Å²) in [6.07, 6.45) is 4.78. The fourth-order valence-electron chi connectivity index (χ4n) is 13.3. The van der Waals surface area contributed by atoms with Crippen molar-refractivity contribution < 1.29 is 78.8 Å². The molecule has 10 atom stereocenters. The van der Waals surface area contributed by atoms with Crippen LogP contribution in [0.4, 0.5) is 29.1 Å². The SMILES string of the molecule is [2H]c1nc(N(C)[C@@]2([2H])CN(C(=O)C([2H])([2H])[N+]#[C-])CC[C@@]2([2H])C([2H])([2H])[2H])c2cc[nH]c2n1.[2H]c1nc(N([C@H]2CN(C(=O)C([2H])([2H])[N+]#[C-])CC[C@@]2([2H])C([2H])([2H])[2H])C([2H])([2H])[2H])c2cc[nH]c2n1.[2H]c1nc(N([C@H]2CN(C(=O)C([2H])([2H])[N+]#[C-])CC[C@@]2([2H])C)C([2H])([2H])[2H])c2cc[nH]c2n1.[2H]c1nc(N([C@H]2CN(C(=O)C([2H])([2H])[N+]#[C-])CC[C@H]2C([2H])([2H])[2H])C([2H])([2H])[2H])c2cc[nH]c2n1.[2H]c1nc(N([C@H]2CN(C(=O)C([2H])([2H])[N+]#[C-])CC[C@H]2C)C([2H])([2H])[2H])c2cc[nH]c2n1. The van der Waals surface area contributed by atoms with E-state index >= 15 is 0 Å². The molecule has 5 saturated heterocycles. The third-order valence-electron chi connectivity index (χ3n) is 19.5. The van der Waals surface area contributed by atoms with Gasteiger partial charge in [-0.3, -0.25) is 24.0 Å². The lowest BCUT2D eigenvalue weighted by atomic mass is 9.92. The third kappa shape index (κ3) is 19.2. The van der Waals surface area contributed by atoms with Crippen molar-refractivity contribution in [1.29, 1.82) is 0 Å². The molecule has 0 aliphatic carbocycles. The number of aromatic nitrogens is 15. The topological polar surface area (TPSA) is 347 Å². The highest BCUT2D eigenvalue weighted by atomic mass is 16.2. The number of anilines is 5. The number of likely N-dealkylation sites (N-methyl/N-ethyl adjacent to an activating group) is 5. The number of piperidine rings is 5. The fraction of sp³-hybridized carbons (Fsp3) is 0.500. The van der Waals surface area contributed by atoms with Gasteiger partial charge in [-0.05, 0) is 92.0 Å². The Hall–Kier alpha value is -13.1. The molecular weight excluding hydrogens is 1460 g/mol. The number of amides is 5. The van der Waals surface area contributed by atoms with Crippen LogP contribution in [0, 0.1) is 62.4 Å². The summed E-state index contributed by atoms with van der Waals surface area (Å²) in [6.45, 7) is 1.35. The Kier molecular flexibility index (Phi) is 15.0. The summed E-state index contributed by atoms with van der Waals surface area (Å²) in [6, 6.07) is 0.550. The highest BCUT2D eigenvalue weighted by Crippen LogP contribution is 2.35. The highest BCUT2D eigenvalue weighted by Gasteiger charge is 2.39. The fourth-order valence-corrected chi connectivity index (χ4v) is 13.3. The van der Waals surface area contributed by atoms with E-state index in [1.165, 1.54) is 48.9 Å². The lowest BCUT2D eigenvalue weighted by Crippen LogP contribution is -2.53. The monoisotopic (exact) mass is 1600 g/mol. The van der Waals surface area contributed by atoms with E-state index in [0.29, 0.717) is 33.1 Å². The van der Waals surface area contributed by atoms with Gasteiger partial charge in [0.2, 0.25) is 0 Å². The molecule has 5 aliphatic rings. The van der Waals surface area contributed by atoms with Gasteiger partial charge in [-0.25, -0.2) is 82.7 Å². The maximum Gasteiger partial charge on any atom is 0.302 e. The van der Waals surface area contributed by atoms with Crippen molar-refractivity contribution in [1.82, 2.24) is 99.3 Å². The first-order chi connectivity index (χ1) is 71.1. The summed E-state index contributed by atoms with van der Waals surface area (Å²) in [7, 11) is 1.34. The number of hydrogen-bond acceptors (Lipinski definition) is 20. The third-order valence-corrected chi connectivity index (χ3v) is 19.5. The molecule has 115 heavy (non-hydrogen) atoms. The van der Waals surface area contributed by atoms with Gasteiger partial charge in [-0.2, -0.15) is 0 Å². The van der Waals surface area contributed by atoms with Crippen LogP contribution in [0.3, 0.4) is 0 Å². The number of aromatic amines is 5. The highest BCUT2D eigenvalue weighted by molar-refractivity contribution is 5.91. The van der Waals surface area contributed by atoms with Crippen LogP contribution in [0.15, 0.2) is 92.8 Å². The molecule has 0 bridgehead atoms. The van der Waals surface area contributed by atoms with Crippen LogP contribution in [-0.4, -0.2) is 292 Å². The van der Waals surface area contributed by atoms with E-state index in [9.17, 15) is 24.0 Å². The number of carbonyl (C=O) groups excluding carboxylic acids is 5. The molecule has 5 amide bonds. The van der Waals surface area contributed by atoms with Crippen LogP contribution in [0.2, 0.25) is 0 Å². The average molecular weight is 1600 g/mol. The van der Waals surface area contributed by atoms with E-state index in [1.807, 2.05) is 6.92 Å². The lowest BCUT2D eigenvalue weighted by Gasteiger charge is -2.41. The average Bonchev–Trinajstić information content (AvgIpc) is 1.25. The predicted molar refractivity (Wildman–Crippen MR) is 440 cm³/mol. The second-order valence-electron chi connectivity index (χ2n) is 26.2. The number of nitrogens with one attached hydrogen (secondary N) is 5. The Labute approximate surface area is 724 Å². The molecule has 5 fully saturated rings. The van der Waals surface area contributed by atoms with Crippen molar-refractivity contribution >= 4 is 114 Å². The van der Waals surface area contributed by atoms with Gasteiger partial charge in [-0.1, -0.05) is 34.4 Å². The minimum atomic E-state index is -3.06. The Bertz CT molecular complexity index is 7130. The summed E-state index contributed by atoms with van der Waals surface area (Å²) >= 11 is 0. The van der Waals surface area contributed by atoms with E-state index in [4.69, 9.17) is 87.7 Å². The number of hydrogen-bond donors (Lipinski definition) is 5. The van der Waals surface area contributed by atoms with Gasteiger partial charge in [0, 0.05) is 164 Å². The van der Waals surface area contributed by atoms with E-state index in [1.54, 1.807) is 31.3 Å². The van der Waals surface area contributed by atoms with Crippen LogP contribution >= 0.6 is 0 Å². The molecule has 0 saturated carbocycles. The summed E-state index contributed by atoms with van der Waals surface area (Å²) in [5.41, 5.74) is 1.18. The number of rotatable bonds is 15. The van der Waals surface area contributed by atoms with E-state index in [2.05, 4.69) is 99.0 Å². The molecule has 35 nitrogen and oxygen atoms in total. The van der Waals surface area contributed by atoms with Crippen molar-refractivity contribution in [3.63, 3.8) is 0 Å². The van der Waals surface area contributed by atoms with Crippen molar-refractivity contribution in [2.24, 2.45) is 29.5 Å². The van der Waals surface area contributed by atoms with E-state index in [0.717, 1.165) is 39.2 Å². The van der Waals surface area contributed by atoms with E-state index in [-0.39, 0.29) is 133 Å². The van der Waals surface area contributed by atoms with Crippen molar-refractivity contribution in [3.05, 3.63) is 150 Å². The van der Waals surface area contributed by atoms with Crippen molar-refractivity contribution in [2.75, 3.05) is 157 Å². The first-order valence-corrected chi connectivity index (χ1v) is 35.0. The normalized spacial score (nSPS) is 30.2. The van der Waals surface area contributed by atoms with Crippen LogP contribution in [0.5, 0.6) is 0 Å². The Morgan fingerprint density at radius 2 is 0.661 bits per heavy atom. The number of H-pyrrole nitrogens is 5. The Morgan fingerprint density at radius 3 is 0.983 bits per heavy atom. The van der Waals surface area contributed by atoms with Gasteiger partial charge < -0.3 is 98.1 Å². The first-order valence-electron chi connectivity index (χ1n) is 55.0. The zero-order chi connectivity index (χ0) is 116. The molecule has 10 aromatic rings. The summed E-state index contributed by atoms with van der Waals surface area (Å²) in [5, 5.41) is 1.58. The van der Waals surface area contributed by atoms with Gasteiger partial charge in [0.25, 0.3) is 32.5 Å². The van der Waals surface area contributed by atoms with E-state index < -0.39 is 222 Å². The summed E-state index contributed by atoms with van der Waals surface area (Å²) in [5.74, 6) is -13.6. The minimum Gasteiger partial charge on any atom is -0.354 e. The Morgan fingerprint density at radius 1 is 0.391 bits per heavy atom. The molecule has 15 heterocycles. The van der Waals surface area contributed by atoms with Crippen molar-refractivity contribution in [2.45, 2.75) is 96.7 Å². The maximum atomic E-state index is 12.6. The van der Waals surface area contributed by atoms with Gasteiger partial charge >= 0.3 is 29.5 Å². The lowest BCUT2D eigenvalue weighted by molar-refractivity contribution is -0.131. The summed E-state index contributed by atoms with van der Waals surface area (Å²) < 4.78 is 319. The molecule has 35 heteroatoms. The molecule has 0 unspecified atom stereocenters. The van der Waals surface area contributed by atoms with Crippen molar-refractivity contribution in [3.8, 4) is 0 Å². The van der Waals surface area contributed by atoms with Crippen LogP contribution in [0.25, 0.3) is 79.4 Å². The molecule has 15 rings (SSSR count). The van der Waals surface area contributed by atoms with Gasteiger partial charge in [-0.15, -0.1) is 0 Å². The molecule has 0 spiro atoms. The molecular formula is C80H100N30O5. The van der Waals surface area contributed by atoms with Gasteiger partial charge in [0.05, 0.1) is 58.5 Å². The minimum absolute atomic E-state index is 0.0201. The number of nitrogens with zero attached hydrogens (tertiary/aromatic N) is 25.